The number of carbonyl (C=O) groups is 1. The molecule has 0 bridgehead atoms. The van der Waals surface area contributed by atoms with Crippen LogP contribution < -0.4 is 11.0 Å². The molecule has 8 heteroatoms. The smallest absolute Gasteiger partial charge is 0.267 e. The number of aromatic nitrogens is 3. The summed E-state index contributed by atoms with van der Waals surface area (Å²) >= 11 is 0. The van der Waals surface area contributed by atoms with Gasteiger partial charge in [-0.2, -0.15) is 0 Å². The van der Waals surface area contributed by atoms with Crippen LogP contribution in [0.25, 0.3) is 16.7 Å². The van der Waals surface area contributed by atoms with Crippen molar-refractivity contribution in [1.82, 2.24) is 23.8 Å². The zero-order valence-corrected chi connectivity index (χ0v) is 18.6. The van der Waals surface area contributed by atoms with Crippen molar-refractivity contribution in [2.75, 3.05) is 32.7 Å². The topological polar surface area (TPSA) is 86.7 Å². The Bertz CT molecular complexity index is 1450. The van der Waals surface area contributed by atoms with Crippen LogP contribution >= 0.6 is 0 Å². The van der Waals surface area contributed by atoms with Gasteiger partial charge in [0.2, 0.25) is 0 Å². The van der Waals surface area contributed by atoms with Gasteiger partial charge in [-0.25, -0.2) is 4.98 Å². The molecular formula is C25H26N6O2. The van der Waals surface area contributed by atoms with Gasteiger partial charge in [0.15, 0.2) is 0 Å². The van der Waals surface area contributed by atoms with Crippen LogP contribution in [0.5, 0.6) is 0 Å². The Balaban J connectivity index is 1.70. The lowest BCUT2D eigenvalue weighted by Crippen LogP contribution is -2.49. The van der Waals surface area contributed by atoms with Crippen LogP contribution in [0.4, 0.5) is 0 Å². The number of carbonyl (C=O) groups excluding carboxylic acids is 1. The fourth-order valence-corrected chi connectivity index (χ4v) is 4.41. The van der Waals surface area contributed by atoms with Gasteiger partial charge in [0.05, 0.1) is 17.5 Å². The molecule has 8 nitrogen and oxygen atoms in total. The molecule has 3 aromatic heterocycles. The van der Waals surface area contributed by atoms with E-state index < -0.39 is 0 Å². The molecule has 1 fully saturated rings. The Morgan fingerprint density at radius 2 is 1.76 bits per heavy atom. The molecule has 4 heterocycles. The van der Waals surface area contributed by atoms with Crippen molar-refractivity contribution in [1.29, 1.82) is 5.41 Å². The molecule has 1 aliphatic heterocycles. The summed E-state index contributed by atoms with van der Waals surface area (Å²) in [5, 5.41) is 9.27. The molecule has 33 heavy (non-hydrogen) atoms. The Hall–Kier alpha value is -3.78. The van der Waals surface area contributed by atoms with Gasteiger partial charge in [0, 0.05) is 32.4 Å². The van der Waals surface area contributed by atoms with E-state index in [0.717, 1.165) is 25.2 Å². The molecule has 1 aliphatic rings. The SMILES string of the molecule is CCN1CCN(C(=O)c2cc3c(=O)n4ccccc4nc3n(Cc3ccccc3)c2=N)CC1. The van der Waals surface area contributed by atoms with Crippen LogP contribution in [0.2, 0.25) is 0 Å². The highest BCUT2D eigenvalue weighted by atomic mass is 16.2. The molecule has 0 unspecified atom stereocenters. The minimum atomic E-state index is -0.248. The van der Waals surface area contributed by atoms with Gasteiger partial charge in [0.1, 0.15) is 16.8 Å². The lowest BCUT2D eigenvalue weighted by molar-refractivity contribution is 0.0640. The molecule has 0 aliphatic carbocycles. The average molecular weight is 443 g/mol. The summed E-state index contributed by atoms with van der Waals surface area (Å²) < 4.78 is 3.15. The van der Waals surface area contributed by atoms with Gasteiger partial charge in [-0.3, -0.25) is 19.4 Å². The largest absolute Gasteiger partial charge is 0.336 e. The summed E-state index contributed by atoms with van der Waals surface area (Å²) in [7, 11) is 0. The number of rotatable bonds is 4. The zero-order valence-electron chi connectivity index (χ0n) is 18.6. The van der Waals surface area contributed by atoms with E-state index in [2.05, 4.69) is 11.8 Å². The van der Waals surface area contributed by atoms with Crippen molar-refractivity contribution in [3.8, 4) is 0 Å². The Labute approximate surface area is 190 Å². The molecule has 1 amide bonds. The van der Waals surface area contributed by atoms with Crippen LogP contribution in [-0.4, -0.2) is 62.4 Å². The van der Waals surface area contributed by atoms with Crippen molar-refractivity contribution in [2.24, 2.45) is 0 Å². The summed E-state index contributed by atoms with van der Waals surface area (Å²) in [4.78, 5) is 35.6. The number of benzene rings is 1. The summed E-state index contributed by atoms with van der Waals surface area (Å²) in [5.41, 5.74) is 1.94. The number of nitrogens with zero attached hydrogens (tertiary/aromatic N) is 5. The van der Waals surface area contributed by atoms with E-state index in [-0.39, 0.29) is 22.5 Å². The highest BCUT2D eigenvalue weighted by Crippen LogP contribution is 2.14. The third kappa shape index (κ3) is 3.82. The molecule has 4 aromatic rings. The van der Waals surface area contributed by atoms with Gasteiger partial charge in [-0.15, -0.1) is 0 Å². The highest BCUT2D eigenvalue weighted by molar-refractivity contribution is 5.97. The van der Waals surface area contributed by atoms with E-state index in [9.17, 15) is 9.59 Å². The molecule has 0 radical (unpaired) electrons. The highest BCUT2D eigenvalue weighted by Gasteiger charge is 2.25. The summed E-state index contributed by atoms with van der Waals surface area (Å²) in [6, 6.07) is 16.6. The second-order valence-electron chi connectivity index (χ2n) is 8.29. The van der Waals surface area contributed by atoms with E-state index >= 15 is 0 Å². The number of amides is 1. The molecule has 1 saturated heterocycles. The molecule has 1 N–H and O–H groups in total. The number of likely N-dealkylation sites (N-methyl/N-ethyl adjacent to an activating group) is 1. The number of hydrogen-bond acceptors (Lipinski definition) is 5. The number of pyridine rings is 2. The zero-order chi connectivity index (χ0) is 22.9. The molecule has 168 valence electrons. The normalized spacial score (nSPS) is 14.8. The first kappa shape index (κ1) is 21.1. The number of nitrogens with one attached hydrogen (secondary N) is 1. The van der Waals surface area contributed by atoms with Crippen LogP contribution in [0.1, 0.15) is 22.8 Å². The number of hydrogen-bond donors (Lipinski definition) is 1. The first-order chi connectivity index (χ1) is 16.1. The van der Waals surface area contributed by atoms with Gasteiger partial charge >= 0.3 is 0 Å². The van der Waals surface area contributed by atoms with Crippen LogP contribution in [0.15, 0.2) is 65.6 Å². The van der Waals surface area contributed by atoms with E-state index in [1.54, 1.807) is 33.9 Å². The second-order valence-corrected chi connectivity index (χ2v) is 8.29. The van der Waals surface area contributed by atoms with Crippen LogP contribution in [0, 0.1) is 5.41 Å². The maximum absolute atomic E-state index is 13.5. The third-order valence-corrected chi connectivity index (χ3v) is 6.34. The fraction of sp³-hybridized carbons (Fsp3) is 0.280. The second kappa shape index (κ2) is 8.63. The molecule has 0 saturated carbocycles. The Morgan fingerprint density at radius 3 is 2.48 bits per heavy atom. The van der Waals surface area contributed by atoms with E-state index in [1.807, 2.05) is 36.4 Å². The molecule has 0 spiro atoms. The van der Waals surface area contributed by atoms with Crippen LogP contribution in [-0.2, 0) is 6.54 Å². The lowest BCUT2D eigenvalue weighted by atomic mass is 10.1. The first-order valence-corrected chi connectivity index (χ1v) is 11.2. The lowest BCUT2D eigenvalue weighted by Gasteiger charge is -2.34. The van der Waals surface area contributed by atoms with Gasteiger partial charge in [-0.1, -0.05) is 43.3 Å². The predicted molar refractivity (Wildman–Crippen MR) is 126 cm³/mol. The number of fused-ring (bicyclic) bond motifs is 2. The maximum atomic E-state index is 13.5. The monoisotopic (exact) mass is 442 g/mol. The summed E-state index contributed by atoms with van der Waals surface area (Å²) in [6.45, 7) is 6.24. The minimum absolute atomic E-state index is 0.0708. The standard InChI is InChI=1S/C25H26N6O2/c1-2-28-12-14-29(15-13-28)24(32)19-16-20-23(27-21-10-6-7-11-30(21)25(20)33)31(22(19)26)17-18-8-4-3-5-9-18/h3-11,16,26H,2,12-15,17H2,1H3. The summed E-state index contributed by atoms with van der Waals surface area (Å²) in [5.74, 6) is -0.211. The predicted octanol–water partition coefficient (Wildman–Crippen LogP) is 1.95. The van der Waals surface area contributed by atoms with Crippen molar-refractivity contribution in [3.63, 3.8) is 0 Å². The van der Waals surface area contributed by atoms with Crippen molar-refractivity contribution in [3.05, 3.63) is 87.8 Å². The fourth-order valence-electron chi connectivity index (χ4n) is 4.41. The van der Waals surface area contributed by atoms with E-state index in [1.165, 1.54) is 4.40 Å². The van der Waals surface area contributed by atoms with Crippen LogP contribution in [0.3, 0.4) is 0 Å². The molecule has 5 rings (SSSR count). The average Bonchev–Trinajstić information content (AvgIpc) is 2.86. The number of piperazine rings is 1. The molecule has 1 aromatic carbocycles. The molecular weight excluding hydrogens is 416 g/mol. The minimum Gasteiger partial charge on any atom is -0.336 e. The quantitative estimate of drug-likeness (QED) is 0.490. The van der Waals surface area contributed by atoms with Crippen molar-refractivity contribution >= 4 is 22.6 Å². The van der Waals surface area contributed by atoms with Gasteiger partial charge < -0.3 is 14.4 Å². The van der Waals surface area contributed by atoms with Gasteiger partial charge in [-0.05, 0) is 30.3 Å². The third-order valence-electron chi connectivity index (χ3n) is 6.34. The van der Waals surface area contributed by atoms with Crippen molar-refractivity contribution in [2.45, 2.75) is 13.5 Å². The summed E-state index contributed by atoms with van der Waals surface area (Å²) in [6.07, 6.45) is 1.67. The van der Waals surface area contributed by atoms with E-state index in [4.69, 9.17) is 10.4 Å². The van der Waals surface area contributed by atoms with Gasteiger partial charge in [0.25, 0.3) is 11.5 Å². The maximum Gasteiger partial charge on any atom is 0.267 e. The Kier molecular flexibility index (Phi) is 5.51. The first-order valence-electron chi connectivity index (χ1n) is 11.2. The van der Waals surface area contributed by atoms with E-state index in [0.29, 0.717) is 36.3 Å². The van der Waals surface area contributed by atoms with Crippen molar-refractivity contribution < 1.29 is 4.79 Å². The Morgan fingerprint density at radius 1 is 1.03 bits per heavy atom. The molecule has 0 atom stereocenters.